The van der Waals surface area contributed by atoms with Crippen LogP contribution in [-0.2, 0) is 17.8 Å². The average molecular weight is 405 g/mol. The number of nitrogens with one attached hydrogen (secondary N) is 1. The van der Waals surface area contributed by atoms with Crippen LogP contribution in [0.1, 0.15) is 40.0 Å². The second kappa shape index (κ2) is 6.30. The highest BCUT2D eigenvalue weighted by Crippen LogP contribution is 2.39. The molecule has 0 radical (unpaired) electrons. The monoisotopic (exact) mass is 405 g/mol. The van der Waals surface area contributed by atoms with Gasteiger partial charge in [-0.15, -0.1) is 0 Å². The number of nitrogens with zero attached hydrogens (tertiary/aromatic N) is 2. The Kier molecular flexibility index (Phi) is 3.76. The first kappa shape index (κ1) is 17.9. The summed E-state index contributed by atoms with van der Waals surface area (Å²) < 4.78 is 10.5. The smallest absolute Gasteiger partial charge is 0.408 e. The van der Waals surface area contributed by atoms with Crippen molar-refractivity contribution in [1.29, 1.82) is 0 Å². The van der Waals surface area contributed by atoms with E-state index in [1.54, 1.807) is 0 Å². The van der Waals surface area contributed by atoms with Crippen LogP contribution in [0.4, 0.5) is 0 Å². The van der Waals surface area contributed by atoms with Crippen LogP contribution in [0.25, 0.3) is 11.1 Å². The summed E-state index contributed by atoms with van der Waals surface area (Å²) in [6.45, 7) is 7.46. The third-order valence-corrected chi connectivity index (χ3v) is 6.70. The van der Waals surface area contributed by atoms with Crippen LogP contribution in [-0.4, -0.2) is 47.0 Å². The summed E-state index contributed by atoms with van der Waals surface area (Å²) in [7, 11) is 0. The zero-order valence-corrected chi connectivity index (χ0v) is 16.8. The first-order valence-corrected chi connectivity index (χ1v) is 10.4. The van der Waals surface area contributed by atoms with Gasteiger partial charge >= 0.3 is 5.76 Å². The molecule has 1 atom stereocenters. The van der Waals surface area contributed by atoms with E-state index in [-0.39, 0.29) is 11.9 Å². The maximum absolute atomic E-state index is 13.0. The van der Waals surface area contributed by atoms with Gasteiger partial charge in [-0.1, -0.05) is 18.2 Å². The molecule has 6 rings (SSSR count). The first-order chi connectivity index (χ1) is 14.5. The molecule has 2 aromatic carbocycles. The third kappa shape index (κ3) is 2.73. The summed E-state index contributed by atoms with van der Waals surface area (Å²) >= 11 is 0. The highest BCUT2D eigenvalue weighted by Gasteiger charge is 2.48. The minimum Gasteiger partial charge on any atom is -0.408 e. The Balaban J connectivity index is 1.20. The lowest BCUT2D eigenvalue weighted by Gasteiger charge is -2.55. The number of rotatable bonds is 4. The summed E-state index contributed by atoms with van der Waals surface area (Å²) in [5, 5.41) is 0. The maximum Gasteiger partial charge on any atom is 0.417 e. The summed E-state index contributed by atoms with van der Waals surface area (Å²) in [5.74, 6) is -0.417. The van der Waals surface area contributed by atoms with Crippen molar-refractivity contribution >= 4 is 17.0 Å². The Labute approximate surface area is 173 Å². The van der Waals surface area contributed by atoms with Gasteiger partial charge in [-0.25, -0.2) is 4.79 Å². The van der Waals surface area contributed by atoms with Gasteiger partial charge in [0.1, 0.15) is 0 Å². The van der Waals surface area contributed by atoms with Crippen molar-refractivity contribution in [3.8, 4) is 0 Å². The van der Waals surface area contributed by atoms with Gasteiger partial charge in [0.2, 0.25) is 0 Å². The molecule has 1 spiro atoms. The molecule has 3 aliphatic heterocycles. The molecule has 1 N–H and O–H groups in total. The van der Waals surface area contributed by atoms with Crippen molar-refractivity contribution in [2.24, 2.45) is 5.41 Å². The molecule has 4 heterocycles. The fourth-order valence-corrected chi connectivity index (χ4v) is 5.09. The predicted molar refractivity (Wildman–Crippen MR) is 110 cm³/mol. The molecule has 1 aromatic heterocycles. The van der Waals surface area contributed by atoms with E-state index in [4.69, 9.17) is 9.15 Å². The van der Waals surface area contributed by atoms with Crippen LogP contribution in [0.5, 0.6) is 0 Å². The number of carbonyl (C=O) groups excluding carboxylic acids is 1. The zero-order chi connectivity index (χ0) is 20.5. The first-order valence-electron chi connectivity index (χ1n) is 10.4. The van der Waals surface area contributed by atoms with Gasteiger partial charge in [0.15, 0.2) is 5.58 Å². The highest BCUT2D eigenvalue weighted by atomic mass is 16.5. The number of oxazole rings is 1. The van der Waals surface area contributed by atoms with E-state index in [2.05, 4.69) is 28.9 Å². The number of H-pyrrole nitrogens is 1. The van der Waals surface area contributed by atoms with Gasteiger partial charge in [0, 0.05) is 37.2 Å². The topological polar surface area (TPSA) is 78.8 Å². The number of likely N-dealkylation sites (tertiary alicyclic amines) is 1. The minimum absolute atomic E-state index is 0.00384. The molecule has 2 saturated heterocycles. The number of amides is 1. The molecule has 0 aliphatic carbocycles. The Morgan fingerprint density at radius 2 is 1.83 bits per heavy atom. The second-order valence-electron chi connectivity index (χ2n) is 9.01. The average Bonchev–Trinajstić information content (AvgIpc) is 3.14. The van der Waals surface area contributed by atoms with Crippen LogP contribution >= 0.6 is 0 Å². The van der Waals surface area contributed by atoms with Crippen molar-refractivity contribution in [1.82, 2.24) is 14.8 Å². The summed E-state index contributed by atoms with van der Waals surface area (Å²) in [5.41, 5.74) is 5.66. The second-order valence-corrected chi connectivity index (χ2v) is 9.01. The lowest BCUT2D eigenvalue weighted by molar-refractivity contribution is -0.191. The van der Waals surface area contributed by atoms with Crippen molar-refractivity contribution < 1.29 is 13.9 Å². The van der Waals surface area contributed by atoms with Crippen molar-refractivity contribution in [2.75, 3.05) is 26.3 Å². The van der Waals surface area contributed by atoms with Crippen LogP contribution in [0.3, 0.4) is 0 Å². The van der Waals surface area contributed by atoms with E-state index in [9.17, 15) is 9.59 Å². The number of hydrogen-bond donors (Lipinski definition) is 1. The van der Waals surface area contributed by atoms with Crippen LogP contribution < -0.4 is 5.76 Å². The number of benzene rings is 2. The third-order valence-electron chi connectivity index (χ3n) is 6.70. The van der Waals surface area contributed by atoms with Crippen molar-refractivity contribution in [3.63, 3.8) is 0 Å². The minimum atomic E-state index is -0.467. The Hall–Kier alpha value is -2.90. The van der Waals surface area contributed by atoms with Gasteiger partial charge in [0.05, 0.1) is 24.8 Å². The molecular formula is C23H23N3O4. The molecule has 0 saturated carbocycles. The standard InChI is InChI=1S/C23H23N3O4/c1-14-18-6-15(8-25-10-23(11-25)12-29-13-23)2-4-17(18)21(27)26(14)9-16-3-5-19-20(7-16)30-22(28)24-19/h2-7,14H,8-13H2,1H3,(H,24,28)/t14-/m0/s1. The number of aromatic nitrogens is 1. The highest BCUT2D eigenvalue weighted by molar-refractivity contribution is 5.99. The molecule has 3 aromatic rings. The molecule has 0 unspecified atom stereocenters. The number of fused-ring (bicyclic) bond motifs is 2. The van der Waals surface area contributed by atoms with Gasteiger partial charge in [-0.05, 0) is 41.8 Å². The molecular weight excluding hydrogens is 382 g/mol. The SMILES string of the molecule is C[C@H]1c2cc(CN3CC4(COC4)C3)ccc2C(=O)N1Cc1ccc2[nH]c(=O)oc2c1. The van der Waals surface area contributed by atoms with Crippen LogP contribution in [0.2, 0.25) is 0 Å². The molecule has 30 heavy (non-hydrogen) atoms. The number of aromatic amines is 1. The fraction of sp³-hybridized carbons (Fsp3) is 0.391. The van der Waals surface area contributed by atoms with E-state index in [0.717, 1.165) is 49.5 Å². The lowest BCUT2D eigenvalue weighted by atomic mass is 9.78. The van der Waals surface area contributed by atoms with Gasteiger partial charge in [0.25, 0.3) is 5.91 Å². The maximum atomic E-state index is 13.0. The summed E-state index contributed by atoms with van der Waals surface area (Å²) in [4.78, 5) is 31.4. The Morgan fingerprint density at radius 3 is 2.60 bits per heavy atom. The van der Waals surface area contributed by atoms with Gasteiger partial charge in [-0.3, -0.25) is 14.7 Å². The summed E-state index contributed by atoms with van der Waals surface area (Å²) in [6, 6.07) is 11.8. The fourth-order valence-electron chi connectivity index (χ4n) is 5.09. The van der Waals surface area contributed by atoms with E-state index in [1.807, 2.05) is 29.2 Å². The van der Waals surface area contributed by atoms with Crippen molar-refractivity contribution in [3.05, 3.63) is 69.2 Å². The lowest BCUT2D eigenvalue weighted by Crippen LogP contribution is -2.65. The van der Waals surface area contributed by atoms with Gasteiger partial charge < -0.3 is 14.1 Å². The van der Waals surface area contributed by atoms with E-state index in [1.165, 1.54) is 5.56 Å². The van der Waals surface area contributed by atoms with Crippen LogP contribution in [0, 0.1) is 5.41 Å². The largest absolute Gasteiger partial charge is 0.417 e. The van der Waals surface area contributed by atoms with Crippen molar-refractivity contribution in [2.45, 2.75) is 26.1 Å². The number of carbonyl (C=O) groups is 1. The molecule has 1 amide bonds. The van der Waals surface area contributed by atoms with Gasteiger partial charge in [-0.2, -0.15) is 0 Å². The predicted octanol–water partition coefficient (Wildman–Crippen LogP) is 2.67. The zero-order valence-electron chi connectivity index (χ0n) is 16.8. The quantitative estimate of drug-likeness (QED) is 0.722. The Morgan fingerprint density at radius 1 is 1.07 bits per heavy atom. The van der Waals surface area contributed by atoms with E-state index in [0.29, 0.717) is 23.1 Å². The molecule has 0 bridgehead atoms. The molecule has 3 aliphatic rings. The summed E-state index contributed by atoms with van der Waals surface area (Å²) in [6.07, 6.45) is 0. The number of ether oxygens (including phenoxy) is 1. The normalized spacial score (nSPS) is 22.4. The van der Waals surface area contributed by atoms with E-state index < -0.39 is 5.76 Å². The van der Waals surface area contributed by atoms with E-state index >= 15 is 0 Å². The molecule has 7 heteroatoms. The number of hydrogen-bond acceptors (Lipinski definition) is 5. The molecule has 154 valence electrons. The Bertz CT molecular complexity index is 1210. The molecule has 2 fully saturated rings. The van der Waals surface area contributed by atoms with Crippen LogP contribution in [0.15, 0.2) is 45.6 Å². The molecule has 7 nitrogen and oxygen atoms in total.